The number of amidine groups is 1. The minimum Gasteiger partial charge on any atom is -0.409 e. The van der Waals surface area contributed by atoms with Gasteiger partial charge in [0.15, 0.2) is 5.84 Å². The number of rotatable bonds is 2. The normalized spacial score (nSPS) is 29.8. The van der Waals surface area contributed by atoms with Gasteiger partial charge in [0.1, 0.15) is 0 Å². The zero-order valence-corrected chi connectivity index (χ0v) is 11.7. The van der Waals surface area contributed by atoms with Crippen molar-refractivity contribution in [3.8, 4) is 0 Å². The van der Waals surface area contributed by atoms with Gasteiger partial charge in [-0.1, -0.05) is 5.16 Å². The van der Waals surface area contributed by atoms with Crippen molar-refractivity contribution in [3.05, 3.63) is 29.3 Å². The van der Waals surface area contributed by atoms with Crippen LogP contribution >= 0.6 is 0 Å². The number of aryl methyl sites for hydroxylation is 1. The number of nitrogens with two attached hydrogens (primary N) is 1. The fourth-order valence-corrected chi connectivity index (χ4v) is 3.63. The zero-order valence-electron chi connectivity index (χ0n) is 11.7. The lowest BCUT2D eigenvalue weighted by Crippen LogP contribution is -2.24. The molecule has 1 aromatic carbocycles. The molecule has 1 saturated heterocycles. The first-order valence-electron chi connectivity index (χ1n) is 7.11. The standard InChI is InChI=1S/C15H21N3O2/c1-9-6-11(3-4-12(9)15(16)17-20)18-7-10-2-5-14(19)13(10)8-18/h3-4,6,10,13-14,19-20H,2,5,7-8H2,1H3,(H2,16,17). The molecule has 3 atom stereocenters. The molecule has 4 N–H and O–H groups in total. The predicted molar refractivity (Wildman–Crippen MR) is 78.1 cm³/mol. The van der Waals surface area contributed by atoms with E-state index < -0.39 is 0 Å². The quantitative estimate of drug-likeness (QED) is 0.329. The summed E-state index contributed by atoms with van der Waals surface area (Å²) in [5.41, 5.74) is 8.55. The zero-order chi connectivity index (χ0) is 14.3. The Morgan fingerprint density at radius 2 is 2.15 bits per heavy atom. The SMILES string of the molecule is Cc1cc(N2CC3CCC(O)C3C2)ccc1/C(N)=N/O. The third kappa shape index (κ3) is 2.12. The summed E-state index contributed by atoms with van der Waals surface area (Å²) in [4.78, 5) is 2.33. The van der Waals surface area contributed by atoms with E-state index in [4.69, 9.17) is 10.9 Å². The number of benzene rings is 1. The molecular formula is C15H21N3O2. The number of nitrogens with zero attached hydrogens (tertiary/aromatic N) is 2. The molecule has 5 nitrogen and oxygen atoms in total. The van der Waals surface area contributed by atoms with E-state index in [-0.39, 0.29) is 11.9 Å². The summed E-state index contributed by atoms with van der Waals surface area (Å²) in [6, 6.07) is 5.97. The highest BCUT2D eigenvalue weighted by molar-refractivity contribution is 5.98. The topological polar surface area (TPSA) is 82.1 Å². The van der Waals surface area contributed by atoms with Crippen LogP contribution in [0.1, 0.15) is 24.0 Å². The number of oxime groups is 1. The third-order valence-electron chi connectivity index (χ3n) is 4.78. The van der Waals surface area contributed by atoms with Gasteiger partial charge in [-0.3, -0.25) is 0 Å². The molecule has 1 aliphatic heterocycles. The van der Waals surface area contributed by atoms with Gasteiger partial charge in [0.25, 0.3) is 0 Å². The van der Waals surface area contributed by atoms with E-state index in [1.54, 1.807) is 0 Å². The van der Waals surface area contributed by atoms with E-state index in [0.717, 1.165) is 42.7 Å². The fraction of sp³-hybridized carbons (Fsp3) is 0.533. The molecule has 0 aromatic heterocycles. The van der Waals surface area contributed by atoms with E-state index in [1.807, 2.05) is 19.1 Å². The number of anilines is 1. The molecule has 108 valence electrons. The Hall–Kier alpha value is -1.75. The second-order valence-corrected chi connectivity index (χ2v) is 5.96. The lowest BCUT2D eigenvalue weighted by molar-refractivity contribution is 0.133. The number of aliphatic hydroxyl groups is 1. The van der Waals surface area contributed by atoms with Gasteiger partial charge in [-0.15, -0.1) is 0 Å². The average Bonchev–Trinajstić information content (AvgIpc) is 3.00. The van der Waals surface area contributed by atoms with Gasteiger partial charge in [-0.25, -0.2) is 0 Å². The summed E-state index contributed by atoms with van der Waals surface area (Å²) in [5, 5.41) is 21.8. The van der Waals surface area contributed by atoms with Crippen LogP contribution in [0.3, 0.4) is 0 Å². The van der Waals surface area contributed by atoms with Crippen molar-refractivity contribution in [2.45, 2.75) is 25.9 Å². The van der Waals surface area contributed by atoms with Crippen LogP contribution in [0.25, 0.3) is 0 Å². The molecule has 1 aromatic rings. The number of fused-ring (bicyclic) bond motifs is 1. The first kappa shape index (κ1) is 13.2. The van der Waals surface area contributed by atoms with Crippen molar-refractivity contribution >= 4 is 11.5 Å². The van der Waals surface area contributed by atoms with E-state index >= 15 is 0 Å². The minimum atomic E-state index is -0.137. The highest BCUT2D eigenvalue weighted by atomic mass is 16.4. The summed E-state index contributed by atoms with van der Waals surface area (Å²) in [6.07, 6.45) is 1.94. The lowest BCUT2D eigenvalue weighted by atomic mass is 10.00. The molecule has 0 bridgehead atoms. The maximum Gasteiger partial charge on any atom is 0.170 e. The molecule has 3 unspecified atom stereocenters. The Kier molecular flexibility index (Phi) is 3.30. The van der Waals surface area contributed by atoms with Crippen LogP contribution in [-0.4, -0.2) is 35.3 Å². The monoisotopic (exact) mass is 275 g/mol. The van der Waals surface area contributed by atoms with Crippen LogP contribution in [0.5, 0.6) is 0 Å². The van der Waals surface area contributed by atoms with Crippen LogP contribution in [-0.2, 0) is 0 Å². The lowest BCUT2D eigenvalue weighted by Gasteiger charge is -2.21. The Morgan fingerprint density at radius 1 is 1.35 bits per heavy atom. The number of hydrogen-bond acceptors (Lipinski definition) is 4. The van der Waals surface area contributed by atoms with E-state index in [0.29, 0.717) is 11.8 Å². The smallest absolute Gasteiger partial charge is 0.170 e. The molecule has 3 rings (SSSR count). The summed E-state index contributed by atoms with van der Waals surface area (Å²) >= 11 is 0. The fourth-order valence-electron chi connectivity index (χ4n) is 3.63. The summed E-state index contributed by atoms with van der Waals surface area (Å²) < 4.78 is 0. The van der Waals surface area contributed by atoms with E-state index in [9.17, 15) is 5.11 Å². The van der Waals surface area contributed by atoms with Gasteiger partial charge < -0.3 is 20.9 Å². The Labute approximate surface area is 118 Å². The van der Waals surface area contributed by atoms with Crippen LogP contribution in [0.15, 0.2) is 23.4 Å². The van der Waals surface area contributed by atoms with Crippen molar-refractivity contribution < 1.29 is 10.3 Å². The molecule has 2 aliphatic rings. The van der Waals surface area contributed by atoms with Crippen molar-refractivity contribution in [2.75, 3.05) is 18.0 Å². The maximum absolute atomic E-state index is 9.98. The van der Waals surface area contributed by atoms with Gasteiger partial charge >= 0.3 is 0 Å². The molecule has 0 spiro atoms. The first-order valence-corrected chi connectivity index (χ1v) is 7.11. The van der Waals surface area contributed by atoms with Crippen LogP contribution in [0.4, 0.5) is 5.69 Å². The number of hydrogen-bond donors (Lipinski definition) is 3. The highest BCUT2D eigenvalue weighted by Crippen LogP contribution is 2.40. The highest BCUT2D eigenvalue weighted by Gasteiger charge is 2.41. The molecule has 0 radical (unpaired) electrons. The Morgan fingerprint density at radius 3 is 2.80 bits per heavy atom. The van der Waals surface area contributed by atoms with Gasteiger partial charge in [-0.05, 0) is 49.4 Å². The third-order valence-corrected chi connectivity index (χ3v) is 4.78. The molecule has 5 heteroatoms. The number of aliphatic hydroxyl groups excluding tert-OH is 1. The van der Waals surface area contributed by atoms with Crippen LogP contribution in [0, 0.1) is 18.8 Å². The second-order valence-electron chi connectivity index (χ2n) is 5.96. The second kappa shape index (κ2) is 4.98. The predicted octanol–water partition coefficient (Wildman–Crippen LogP) is 1.30. The summed E-state index contributed by atoms with van der Waals surface area (Å²) in [6.45, 7) is 3.90. The minimum absolute atomic E-state index is 0.137. The van der Waals surface area contributed by atoms with Crippen molar-refractivity contribution in [1.82, 2.24) is 0 Å². The average molecular weight is 275 g/mol. The molecule has 1 saturated carbocycles. The molecule has 20 heavy (non-hydrogen) atoms. The molecule has 0 amide bonds. The maximum atomic E-state index is 9.98. The molecular weight excluding hydrogens is 254 g/mol. The van der Waals surface area contributed by atoms with Crippen LogP contribution < -0.4 is 10.6 Å². The molecule has 1 heterocycles. The van der Waals surface area contributed by atoms with Crippen molar-refractivity contribution in [2.24, 2.45) is 22.7 Å². The largest absolute Gasteiger partial charge is 0.409 e. The van der Waals surface area contributed by atoms with Crippen LogP contribution in [0.2, 0.25) is 0 Å². The van der Waals surface area contributed by atoms with E-state index in [2.05, 4.69) is 16.1 Å². The summed E-state index contributed by atoms with van der Waals surface area (Å²) in [5.74, 6) is 1.18. The van der Waals surface area contributed by atoms with E-state index in [1.165, 1.54) is 0 Å². The Bertz CT molecular complexity index is 544. The molecule has 1 aliphatic carbocycles. The molecule has 2 fully saturated rings. The van der Waals surface area contributed by atoms with Gasteiger partial charge in [0, 0.05) is 30.3 Å². The van der Waals surface area contributed by atoms with Gasteiger partial charge in [0.2, 0.25) is 0 Å². The Balaban J connectivity index is 1.81. The first-order chi connectivity index (χ1) is 9.60. The van der Waals surface area contributed by atoms with Gasteiger partial charge in [-0.2, -0.15) is 0 Å². The van der Waals surface area contributed by atoms with Crippen molar-refractivity contribution in [3.63, 3.8) is 0 Å². The van der Waals surface area contributed by atoms with Crippen molar-refractivity contribution in [1.29, 1.82) is 0 Å². The van der Waals surface area contributed by atoms with Gasteiger partial charge in [0.05, 0.1) is 6.10 Å². The summed E-state index contributed by atoms with van der Waals surface area (Å²) in [7, 11) is 0.